The van der Waals surface area contributed by atoms with Gasteiger partial charge in [0.25, 0.3) is 0 Å². The molecule has 0 nitrogen and oxygen atoms in total. The molecule has 0 heterocycles. The Morgan fingerprint density at radius 3 is 1.06 bits per heavy atom. The molecule has 17 heavy (non-hydrogen) atoms. The zero-order valence-corrected chi connectivity index (χ0v) is 10.9. The molecule has 0 aliphatic heterocycles. The molecule has 1 rings (SSSR count). The van der Waals surface area contributed by atoms with Crippen LogP contribution in [-0.4, -0.2) is 0 Å². The summed E-state index contributed by atoms with van der Waals surface area (Å²) in [4.78, 5) is 0. The molecule has 0 bridgehead atoms. The third kappa shape index (κ3) is 49.8. The first-order chi connectivity index (χ1) is 5.39. The first-order valence-electron chi connectivity index (χ1n) is 4.26. The van der Waals surface area contributed by atoms with Crippen molar-refractivity contribution in [1.29, 1.82) is 0 Å². The molecule has 0 atom stereocenters. The molecule has 0 N–H and O–H groups in total. The quantitative estimate of drug-likeness (QED) is 0.453. The summed E-state index contributed by atoms with van der Waals surface area (Å²) < 4.78 is 0. The van der Waals surface area contributed by atoms with Crippen molar-refractivity contribution >= 4 is 0 Å². The van der Waals surface area contributed by atoms with Crippen LogP contribution in [0.1, 0.15) is 63.0 Å². The van der Waals surface area contributed by atoms with Gasteiger partial charge in [0.1, 0.15) is 0 Å². The second kappa shape index (κ2) is 57.3. The Kier molecular flexibility index (Phi) is 184. The van der Waals surface area contributed by atoms with Crippen LogP contribution in [0, 0.1) is 14.4 Å². The fourth-order valence-corrected chi connectivity index (χ4v) is 0.478. The summed E-state index contributed by atoms with van der Waals surface area (Å²) in [7, 11) is 0. The van der Waals surface area contributed by atoms with E-state index in [0.29, 0.717) is 0 Å². The summed E-state index contributed by atoms with van der Waals surface area (Å²) in [6.07, 6.45) is 0. The smallest absolute Gasteiger partial charge is 0.358 e. The maximum absolute atomic E-state index is 3.72. The van der Waals surface area contributed by atoms with Crippen LogP contribution in [0.5, 0.6) is 0 Å². The van der Waals surface area contributed by atoms with Gasteiger partial charge in [-0.3, -0.25) is 0 Å². The van der Waals surface area contributed by atoms with Crippen LogP contribution >= 0.6 is 0 Å². The zero-order valence-electron chi connectivity index (χ0n) is 9.54. The van der Waals surface area contributed by atoms with Crippen molar-refractivity contribution in [2.24, 2.45) is 0 Å². The summed E-state index contributed by atoms with van der Waals surface area (Å²) in [6.45, 7) is 11.7. The Morgan fingerprint density at radius 2 is 0.941 bits per heavy atom. The van der Waals surface area contributed by atoms with E-state index in [4.69, 9.17) is 0 Å². The average molecular weight is 281 g/mol. The molecule has 0 aromatic heterocycles. The molecule has 0 unspecified atom stereocenters. The largest absolute Gasteiger partial charge is 2.00 e. The number of rotatable bonds is 0. The maximum Gasteiger partial charge on any atom is 2.00 e. The molecule has 1 heteroatoms. The van der Waals surface area contributed by atoms with E-state index in [1.165, 1.54) is 0 Å². The van der Waals surface area contributed by atoms with Crippen molar-refractivity contribution < 1.29 is 18.6 Å². The van der Waals surface area contributed by atoms with Gasteiger partial charge in [0.05, 0.1) is 0 Å². The first-order valence-corrected chi connectivity index (χ1v) is 4.26. The summed E-state index contributed by atoms with van der Waals surface area (Å²) >= 11 is 0. The van der Waals surface area contributed by atoms with E-state index in [9.17, 15) is 0 Å². The Balaban J connectivity index is -0.0000000125. The maximum atomic E-state index is 3.72. The normalized spacial score (nSPS) is 4.24. The second-order valence-corrected chi connectivity index (χ2v) is 1.49. The molecule has 0 amide bonds. The van der Waals surface area contributed by atoms with Crippen molar-refractivity contribution in [3.63, 3.8) is 0 Å². The van der Waals surface area contributed by atoms with Gasteiger partial charge in [0.2, 0.25) is 0 Å². The summed E-state index contributed by atoms with van der Waals surface area (Å²) in [5, 5.41) is 0. The minimum Gasteiger partial charge on any atom is -0.358 e. The molecule has 0 spiro atoms. The molecule has 1 aromatic rings. The van der Waals surface area contributed by atoms with Crippen molar-refractivity contribution in [3.8, 4) is 0 Å². The van der Waals surface area contributed by atoms with Crippen molar-refractivity contribution in [2.75, 3.05) is 0 Å². The van der Waals surface area contributed by atoms with Gasteiger partial charge in [0.15, 0.2) is 0 Å². The van der Waals surface area contributed by atoms with E-state index < -0.39 is 0 Å². The summed E-state index contributed by atoms with van der Waals surface area (Å²) in [5.74, 6) is 0. The van der Waals surface area contributed by atoms with E-state index in [2.05, 4.69) is 6.92 Å². The van der Waals surface area contributed by atoms with Crippen LogP contribution in [0.25, 0.3) is 0 Å². The van der Waals surface area contributed by atoms with E-state index in [1.807, 2.05) is 58.0 Å². The van der Waals surface area contributed by atoms with Gasteiger partial charge in [-0.2, -0.15) is 24.6 Å². The van der Waals surface area contributed by atoms with Crippen LogP contribution in [-0.2, 0) is 18.6 Å². The van der Waals surface area contributed by atoms with Crippen molar-refractivity contribution in [2.45, 2.75) is 57.4 Å². The number of hydrogen-bond acceptors (Lipinski definition) is 0. The van der Waals surface area contributed by atoms with Gasteiger partial charge in [0, 0.05) is 0 Å². The van der Waals surface area contributed by atoms with Crippen LogP contribution in [0.4, 0.5) is 0 Å². The summed E-state index contributed by atoms with van der Waals surface area (Å²) in [6, 6.07) is 9.87. The Morgan fingerprint density at radius 1 is 0.706 bits per heavy atom. The van der Waals surface area contributed by atoms with E-state index in [1.54, 1.807) is 0 Å². The molecule has 1 radical (unpaired) electrons. The zero-order chi connectivity index (χ0) is 9.11. The molecule has 0 fully saturated rings. The predicted molar refractivity (Wildman–Crippen MR) is 86.9 cm³/mol. The Bertz CT molecular complexity index is 135. The van der Waals surface area contributed by atoms with Gasteiger partial charge in [-0.05, 0) is 0 Å². The van der Waals surface area contributed by atoms with Gasteiger partial charge in [-0.15, -0.1) is 12.1 Å². The van der Waals surface area contributed by atoms with Gasteiger partial charge < -0.3 is 7.43 Å². The van der Waals surface area contributed by atoms with Crippen molar-refractivity contribution in [1.82, 2.24) is 0 Å². The molecule has 0 saturated carbocycles. The SMILES string of the molecule is C.C.C.C.CC.CC.[CH2-]c1ccccc1.[CH3-].[V+2]. The fourth-order valence-electron chi connectivity index (χ4n) is 0.478. The monoisotopic (exact) mass is 281 g/mol. The fraction of sp³-hybridized carbons (Fsp3) is 0.500. The van der Waals surface area contributed by atoms with Gasteiger partial charge >= 0.3 is 18.6 Å². The molecule has 0 saturated heterocycles. The third-order valence-corrected chi connectivity index (χ3v) is 0.843. The van der Waals surface area contributed by atoms with Crippen molar-refractivity contribution in [3.05, 3.63) is 50.2 Å². The van der Waals surface area contributed by atoms with E-state index in [0.717, 1.165) is 5.56 Å². The van der Waals surface area contributed by atoms with E-state index >= 15 is 0 Å². The number of hydrogen-bond donors (Lipinski definition) is 0. The average Bonchev–Trinajstić information content (AvgIpc) is 2.13. The Hall–Kier alpha value is -0.326. The van der Waals surface area contributed by atoms with Crippen LogP contribution in [0.3, 0.4) is 0 Å². The minimum atomic E-state index is 0. The van der Waals surface area contributed by atoms with E-state index in [-0.39, 0.29) is 55.7 Å². The molecule has 0 aliphatic rings. The van der Waals surface area contributed by atoms with Gasteiger partial charge in [-0.25, -0.2) is 0 Å². The van der Waals surface area contributed by atoms with Crippen LogP contribution < -0.4 is 0 Å². The standard InChI is InChI=1S/C7H7.2C2H6.4CH4.CH3.V/c1-7-5-3-2-4-6-7;2*1-2;;;;;;/h2-6H,1H2;2*1-2H3;4*1H4;1H3;/q-1;;;;;;;-1;+2. The number of benzene rings is 1. The van der Waals surface area contributed by atoms with Crippen LogP contribution in [0.2, 0.25) is 0 Å². The second-order valence-electron chi connectivity index (χ2n) is 1.49. The van der Waals surface area contributed by atoms with Crippen LogP contribution in [0.15, 0.2) is 30.3 Å². The Labute approximate surface area is 126 Å². The molecule has 1 aromatic carbocycles. The first kappa shape index (κ1) is 54.4. The molecule has 0 aliphatic carbocycles. The predicted octanol–water partition coefficient (Wildman–Crippen LogP) is 6.91. The summed E-state index contributed by atoms with van der Waals surface area (Å²) in [5.41, 5.74) is 1.07. The topological polar surface area (TPSA) is 0 Å². The third-order valence-electron chi connectivity index (χ3n) is 0.843. The molecular formula is C16H38V. The molecular weight excluding hydrogens is 243 g/mol. The molecule has 107 valence electrons. The van der Waals surface area contributed by atoms with Gasteiger partial charge in [-0.1, -0.05) is 63.5 Å². The minimum absolute atomic E-state index is 0.